The molecule has 1 aliphatic rings. The van der Waals surface area contributed by atoms with Crippen molar-refractivity contribution in [3.8, 4) is 0 Å². The number of rotatable bonds is 5. The first-order valence-electron chi connectivity index (χ1n) is 7.76. The molecule has 0 aromatic heterocycles. The number of benzene rings is 2. The van der Waals surface area contributed by atoms with E-state index in [1.54, 1.807) is 18.2 Å². The quantitative estimate of drug-likeness (QED) is 0.790. The summed E-state index contributed by atoms with van der Waals surface area (Å²) in [6.07, 6.45) is 2.08. The maximum absolute atomic E-state index is 13.5. The van der Waals surface area contributed by atoms with E-state index < -0.39 is 0 Å². The van der Waals surface area contributed by atoms with Crippen molar-refractivity contribution in [2.45, 2.75) is 18.9 Å². The highest BCUT2D eigenvalue weighted by molar-refractivity contribution is 6.07. The first-order chi connectivity index (χ1) is 11.6. The van der Waals surface area contributed by atoms with Crippen LogP contribution in [-0.4, -0.2) is 24.9 Å². The van der Waals surface area contributed by atoms with Crippen LogP contribution in [0.25, 0.3) is 0 Å². The molecular formula is C18H18FN3O2. The second-order valence-electron chi connectivity index (χ2n) is 5.72. The lowest BCUT2D eigenvalue weighted by atomic mass is 10.1. The summed E-state index contributed by atoms with van der Waals surface area (Å²) in [5.41, 5.74) is 1.84. The van der Waals surface area contributed by atoms with E-state index in [0.717, 1.165) is 12.8 Å². The molecule has 3 N–H and O–H groups in total. The minimum atomic E-state index is -0.363. The smallest absolute Gasteiger partial charge is 0.255 e. The average Bonchev–Trinajstić information content (AvgIpc) is 3.40. The Kier molecular flexibility index (Phi) is 4.46. The van der Waals surface area contributed by atoms with Gasteiger partial charge >= 0.3 is 0 Å². The highest BCUT2D eigenvalue weighted by Crippen LogP contribution is 2.30. The molecule has 5 nitrogen and oxygen atoms in total. The molecule has 0 bridgehead atoms. The largest absolute Gasteiger partial charge is 0.381 e. The van der Waals surface area contributed by atoms with Gasteiger partial charge in [-0.05, 0) is 49.2 Å². The van der Waals surface area contributed by atoms with Crippen LogP contribution in [0.15, 0.2) is 42.5 Å². The Labute approximate surface area is 139 Å². The van der Waals surface area contributed by atoms with Gasteiger partial charge < -0.3 is 16.0 Å². The molecule has 0 heterocycles. The third-order valence-electron chi connectivity index (χ3n) is 3.78. The third kappa shape index (κ3) is 3.71. The van der Waals surface area contributed by atoms with Gasteiger partial charge in [-0.3, -0.25) is 9.59 Å². The molecule has 0 spiro atoms. The van der Waals surface area contributed by atoms with Crippen molar-refractivity contribution in [3.05, 3.63) is 59.4 Å². The standard InChI is InChI=1S/C18H18FN3O2/c1-20-17(23)11-3-2-4-12(9-11)18(24)22-15-8-5-13(19)10-16(15)21-14-6-7-14/h2-5,8-10,14,21H,6-7H2,1H3,(H,20,23)(H,22,24). The molecule has 124 valence electrons. The second-order valence-corrected chi connectivity index (χ2v) is 5.72. The minimum Gasteiger partial charge on any atom is -0.381 e. The first kappa shape index (κ1) is 16.0. The molecule has 3 rings (SSSR count). The molecule has 2 amide bonds. The SMILES string of the molecule is CNC(=O)c1cccc(C(=O)Nc2ccc(F)cc2NC2CC2)c1. The van der Waals surface area contributed by atoms with Crippen molar-refractivity contribution in [1.82, 2.24) is 5.32 Å². The Bertz CT molecular complexity index is 788. The lowest BCUT2D eigenvalue weighted by molar-refractivity contribution is 0.0963. The zero-order valence-electron chi connectivity index (χ0n) is 13.2. The Morgan fingerprint density at radius 1 is 1.00 bits per heavy atom. The van der Waals surface area contributed by atoms with Crippen molar-refractivity contribution in [3.63, 3.8) is 0 Å². The normalized spacial score (nSPS) is 13.2. The fraction of sp³-hybridized carbons (Fsp3) is 0.222. The summed E-state index contributed by atoms with van der Waals surface area (Å²) >= 11 is 0. The van der Waals surface area contributed by atoms with Gasteiger partial charge in [-0.2, -0.15) is 0 Å². The van der Waals surface area contributed by atoms with E-state index in [1.807, 2.05) is 0 Å². The fourth-order valence-electron chi connectivity index (χ4n) is 2.33. The number of anilines is 2. The summed E-state index contributed by atoms with van der Waals surface area (Å²) in [6.45, 7) is 0. The summed E-state index contributed by atoms with van der Waals surface area (Å²) in [5.74, 6) is -0.980. The Balaban J connectivity index is 1.80. The Morgan fingerprint density at radius 2 is 1.71 bits per heavy atom. The number of amides is 2. The predicted octanol–water partition coefficient (Wildman–Crippen LogP) is 3.01. The highest BCUT2D eigenvalue weighted by Gasteiger charge is 2.22. The zero-order chi connectivity index (χ0) is 17.1. The zero-order valence-corrected chi connectivity index (χ0v) is 13.2. The predicted molar refractivity (Wildman–Crippen MR) is 90.8 cm³/mol. The molecule has 0 unspecified atom stereocenters. The molecule has 0 radical (unpaired) electrons. The van der Waals surface area contributed by atoms with Crippen LogP contribution < -0.4 is 16.0 Å². The monoisotopic (exact) mass is 327 g/mol. The Hall–Kier alpha value is -2.89. The van der Waals surface area contributed by atoms with Gasteiger partial charge in [0.15, 0.2) is 0 Å². The van der Waals surface area contributed by atoms with Crippen LogP contribution in [0.3, 0.4) is 0 Å². The van der Waals surface area contributed by atoms with Crippen LogP contribution in [0.1, 0.15) is 33.6 Å². The van der Waals surface area contributed by atoms with E-state index in [1.165, 1.54) is 31.3 Å². The molecule has 1 fully saturated rings. The maximum atomic E-state index is 13.5. The van der Waals surface area contributed by atoms with Crippen LogP contribution in [-0.2, 0) is 0 Å². The summed E-state index contributed by atoms with van der Waals surface area (Å²) in [6, 6.07) is 11.0. The number of carbonyl (C=O) groups is 2. The number of hydrogen-bond donors (Lipinski definition) is 3. The van der Waals surface area contributed by atoms with Crippen molar-refractivity contribution in [1.29, 1.82) is 0 Å². The van der Waals surface area contributed by atoms with Gasteiger partial charge in [-0.15, -0.1) is 0 Å². The molecule has 2 aromatic rings. The number of carbonyl (C=O) groups excluding carboxylic acids is 2. The first-order valence-corrected chi connectivity index (χ1v) is 7.76. The van der Waals surface area contributed by atoms with Gasteiger partial charge in [0.25, 0.3) is 11.8 Å². The van der Waals surface area contributed by atoms with Crippen LogP contribution in [0.5, 0.6) is 0 Å². The Morgan fingerprint density at radius 3 is 2.38 bits per heavy atom. The molecule has 0 atom stereocenters. The second kappa shape index (κ2) is 6.70. The van der Waals surface area contributed by atoms with Crippen molar-refractivity contribution in [2.24, 2.45) is 0 Å². The van der Waals surface area contributed by atoms with Crippen LogP contribution in [0.2, 0.25) is 0 Å². The van der Waals surface area contributed by atoms with E-state index in [9.17, 15) is 14.0 Å². The van der Waals surface area contributed by atoms with Crippen molar-refractivity contribution < 1.29 is 14.0 Å². The van der Waals surface area contributed by atoms with E-state index in [4.69, 9.17) is 0 Å². The highest BCUT2D eigenvalue weighted by atomic mass is 19.1. The van der Waals surface area contributed by atoms with Gasteiger partial charge in [-0.25, -0.2) is 4.39 Å². The molecule has 0 saturated heterocycles. The number of halogens is 1. The van der Waals surface area contributed by atoms with E-state index in [2.05, 4.69) is 16.0 Å². The summed E-state index contributed by atoms with van der Waals surface area (Å²) in [7, 11) is 1.53. The topological polar surface area (TPSA) is 70.2 Å². The molecular weight excluding hydrogens is 309 g/mol. The maximum Gasteiger partial charge on any atom is 0.255 e. The molecule has 2 aromatic carbocycles. The summed E-state index contributed by atoms with van der Waals surface area (Å²) < 4.78 is 13.5. The molecule has 0 aliphatic heterocycles. The third-order valence-corrected chi connectivity index (χ3v) is 3.78. The lowest BCUT2D eigenvalue weighted by Crippen LogP contribution is -2.19. The van der Waals surface area contributed by atoms with Crippen LogP contribution in [0.4, 0.5) is 15.8 Å². The van der Waals surface area contributed by atoms with Gasteiger partial charge in [-0.1, -0.05) is 6.07 Å². The molecule has 24 heavy (non-hydrogen) atoms. The van der Waals surface area contributed by atoms with Crippen LogP contribution in [0, 0.1) is 5.82 Å². The molecule has 1 saturated carbocycles. The minimum absolute atomic E-state index is 0.262. The van der Waals surface area contributed by atoms with Gasteiger partial charge in [0.05, 0.1) is 11.4 Å². The van der Waals surface area contributed by atoms with Crippen molar-refractivity contribution in [2.75, 3.05) is 17.7 Å². The summed E-state index contributed by atoms with van der Waals surface area (Å²) in [5, 5.41) is 8.49. The molecule has 1 aliphatic carbocycles. The van der Waals surface area contributed by atoms with E-state index >= 15 is 0 Å². The van der Waals surface area contributed by atoms with Gasteiger partial charge in [0.2, 0.25) is 0 Å². The van der Waals surface area contributed by atoms with Crippen molar-refractivity contribution >= 4 is 23.2 Å². The van der Waals surface area contributed by atoms with Gasteiger partial charge in [0.1, 0.15) is 5.82 Å². The number of nitrogens with one attached hydrogen (secondary N) is 3. The summed E-state index contributed by atoms with van der Waals surface area (Å²) in [4.78, 5) is 24.1. The average molecular weight is 327 g/mol. The number of hydrogen-bond acceptors (Lipinski definition) is 3. The van der Waals surface area contributed by atoms with Gasteiger partial charge in [0, 0.05) is 24.2 Å². The fourth-order valence-corrected chi connectivity index (χ4v) is 2.33. The van der Waals surface area contributed by atoms with E-state index in [0.29, 0.717) is 28.5 Å². The van der Waals surface area contributed by atoms with Crippen LogP contribution >= 0.6 is 0 Å². The molecule has 6 heteroatoms. The van der Waals surface area contributed by atoms with E-state index in [-0.39, 0.29) is 17.6 Å². The lowest BCUT2D eigenvalue weighted by Gasteiger charge is -2.13.